The minimum Gasteiger partial charge on any atom is -1.00 e. The largest absolute Gasteiger partial charge is 2.00 e. The first kappa shape index (κ1) is 17.1. The predicted molar refractivity (Wildman–Crippen MR) is 46.6 cm³/mol. The average Bonchev–Trinajstić information content (AvgIpc) is 1.94. The van der Waals surface area contributed by atoms with Gasteiger partial charge in [0.1, 0.15) is 0 Å². The monoisotopic (exact) mass is 177 g/mol. The van der Waals surface area contributed by atoms with E-state index in [-0.39, 0.29) is 35.5 Å². The summed E-state index contributed by atoms with van der Waals surface area (Å²) in [4.78, 5) is 0. The molecule has 0 heterocycles. The number of hydrogen-bond acceptors (Lipinski definition) is 0. The van der Waals surface area contributed by atoms with Crippen molar-refractivity contribution >= 4 is 23.1 Å². The van der Waals surface area contributed by atoms with Crippen molar-refractivity contribution in [2.24, 2.45) is 0 Å². The maximum Gasteiger partial charge on any atom is 2.00 e. The fourth-order valence-corrected chi connectivity index (χ4v) is 0.478. The smallest absolute Gasteiger partial charge is 1.00 e. The molecule has 0 aliphatic carbocycles. The molecule has 0 saturated heterocycles. The summed E-state index contributed by atoms with van der Waals surface area (Å²) in [5.41, 5.74) is 1.07. The Morgan fingerprint density at radius 2 is 1.45 bits per heavy atom. The van der Waals surface area contributed by atoms with Crippen LogP contribution in [0.2, 0.25) is 0 Å². The quantitative estimate of drug-likeness (QED) is 0.356. The van der Waals surface area contributed by atoms with Crippen molar-refractivity contribution < 1.29 is 12.4 Å². The first-order chi connectivity index (χ1) is 4.39. The van der Waals surface area contributed by atoms with Crippen LogP contribution in [0.1, 0.15) is 5.56 Å². The summed E-state index contributed by atoms with van der Waals surface area (Å²) in [7, 11) is 0. The third kappa shape index (κ3) is 9.89. The molecule has 0 aliphatic rings. The molecule has 0 aromatic heterocycles. The SMILES string of the molecule is [CH-]=C.[CH2-]c1ccccc1.[Cl-].[Mg+2]. The van der Waals surface area contributed by atoms with E-state index in [0.29, 0.717) is 0 Å². The van der Waals surface area contributed by atoms with Crippen molar-refractivity contribution in [2.75, 3.05) is 0 Å². The Hall–Kier alpha value is -0.114. The summed E-state index contributed by atoms with van der Waals surface area (Å²) in [6.07, 6.45) is 0. The average molecular weight is 178 g/mol. The molecule has 0 bridgehead atoms. The van der Waals surface area contributed by atoms with Crippen molar-refractivity contribution in [1.29, 1.82) is 0 Å². The van der Waals surface area contributed by atoms with Crippen molar-refractivity contribution in [2.45, 2.75) is 0 Å². The van der Waals surface area contributed by atoms with Gasteiger partial charge in [-0.15, -0.1) is 12.1 Å². The molecule has 56 valence electrons. The van der Waals surface area contributed by atoms with Crippen LogP contribution in [0.25, 0.3) is 0 Å². The van der Waals surface area contributed by atoms with Crippen molar-refractivity contribution in [3.8, 4) is 0 Å². The molecular formula is C9H10ClMg-. The Morgan fingerprint density at radius 1 is 1.09 bits per heavy atom. The Kier molecular flexibility index (Phi) is 19.5. The van der Waals surface area contributed by atoms with Crippen LogP contribution < -0.4 is 12.4 Å². The molecule has 0 spiro atoms. The summed E-state index contributed by atoms with van der Waals surface area (Å²) in [5, 5.41) is 0. The Bertz CT molecular complexity index is 151. The molecule has 0 saturated carbocycles. The molecule has 1 rings (SSSR count). The van der Waals surface area contributed by atoms with Crippen LogP contribution in [-0.2, 0) is 0 Å². The molecule has 11 heavy (non-hydrogen) atoms. The van der Waals surface area contributed by atoms with Gasteiger partial charge >= 0.3 is 23.1 Å². The van der Waals surface area contributed by atoms with Gasteiger partial charge in [0.2, 0.25) is 0 Å². The second kappa shape index (κ2) is 12.6. The van der Waals surface area contributed by atoms with Crippen LogP contribution in [0.3, 0.4) is 0 Å². The summed E-state index contributed by atoms with van der Waals surface area (Å²) in [5.74, 6) is 0. The first-order valence-corrected chi connectivity index (χ1v) is 2.67. The topological polar surface area (TPSA) is 0 Å². The summed E-state index contributed by atoms with van der Waals surface area (Å²) < 4.78 is 0. The molecular weight excluding hydrogens is 168 g/mol. The third-order valence-corrected chi connectivity index (χ3v) is 0.843. The number of benzene rings is 1. The normalized spacial score (nSPS) is 5.82. The molecule has 0 nitrogen and oxygen atoms in total. The van der Waals surface area contributed by atoms with Crippen LogP contribution in [-0.4, -0.2) is 23.1 Å². The Labute approximate surface area is 91.3 Å². The van der Waals surface area contributed by atoms with Crippen LogP contribution in [0, 0.1) is 13.5 Å². The number of rotatable bonds is 0. The van der Waals surface area contributed by atoms with E-state index < -0.39 is 0 Å². The molecule has 0 fully saturated rings. The van der Waals surface area contributed by atoms with Gasteiger partial charge in [-0.3, -0.25) is 6.58 Å². The number of halogens is 1. The van der Waals surface area contributed by atoms with Gasteiger partial charge in [-0.25, -0.2) is 0 Å². The first-order valence-electron chi connectivity index (χ1n) is 2.67. The minimum absolute atomic E-state index is 0. The molecule has 0 unspecified atom stereocenters. The van der Waals surface area contributed by atoms with Crippen molar-refractivity contribution in [3.63, 3.8) is 0 Å². The van der Waals surface area contributed by atoms with E-state index in [4.69, 9.17) is 0 Å². The second-order valence-corrected chi connectivity index (χ2v) is 1.49. The fourth-order valence-electron chi connectivity index (χ4n) is 0.478. The fraction of sp³-hybridized carbons (Fsp3) is 0. The standard InChI is InChI=1S/C7H7.C2H3.ClH.Mg/c1-7-5-3-2-4-6-7;1-2;;/h2-6H,1H2;1H,2H2;1H;/q2*-1;;+2/p-1. The van der Waals surface area contributed by atoms with E-state index in [9.17, 15) is 0 Å². The molecule has 0 N–H and O–H groups in total. The molecule has 0 amide bonds. The molecule has 1 aromatic rings. The van der Waals surface area contributed by atoms with E-state index >= 15 is 0 Å². The predicted octanol–water partition coefficient (Wildman–Crippen LogP) is -0.903. The Balaban J connectivity index is -0.000000149. The summed E-state index contributed by atoms with van der Waals surface area (Å²) >= 11 is 0. The van der Waals surface area contributed by atoms with E-state index in [1.807, 2.05) is 30.3 Å². The van der Waals surface area contributed by atoms with Gasteiger partial charge in [0.25, 0.3) is 0 Å². The number of hydrogen-bond donors (Lipinski definition) is 0. The summed E-state index contributed by atoms with van der Waals surface area (Å²) in [6.45, 7) is 10.7. The Morgan fingerprint density at radius 3 is 1.64 bits per heavy atom. The zero-order valence-corrected chi connectivity index (χ0v) is 8.63. The van der Waals surface area contributed by atoms with Crippen molar-refractivity contribution in [3.05, 3.63) is 56.0 Å². The molecule has 0 atom stereocenters. The molecule has 1 aromatic carbocycles. The van der Waals surface area contributed by atoms with E-state index in [1.54, 1.807) is 0 Å². The van der Waals surface area contributed by atoms with Gasteiger partial charge in [-0.05, 0) is 0 Å². The van der Waals surface area contributed by atoms with Crippen LogP contribution in [0.5, 0.6) is 0 Å². The third-order valence-electron chi connectivity index (χ3n) is 0.843. The van der Waals surface area contributed by atoms with E-state index in [0.717, 1.165) is 5.56 Å². The maximum atomic E-state index is 4.25. The molecule has 2 heteroatoms. The van der Waals surface area contributed by atoms with Gasteiger partial charge in [0.05, 0.1) is 0 Å². The van der Waals surface area contributed by atoms with Gasteiger partial charge in [-0.1, -0.05) is 6.07 Å². The second-order valence-electron chi connectivity index (χ2n) is 1.49. The van der Waals surface area contributed by atoms with Gasteiger partial charge < -0.3 is 19.0 Å². The zero-order chi connectivity index (χ0) is 7.11. The van der Waals surface area contributed by atoms with Crippen molar-refractivity contribution in [1.82, 2.24) is 0 Å². The van der Waals surface area contributed by atoms with Gasteiger partial charge in [0.15, 0.2) is 0 Å². The van der Waals surface area contributed by atoms with E-state index in [1.165, 1.54) is 0 Å². The molecule has 0 radical (unpaired) electrons. The van der Waals surface area contributed by atoms with Crippen LogP contribution in [0.15, 0.2) is 36.9 Å². The molecule has 0 aliphatic heterocycles. The van der Waals surface area contributed by atoms with Gasteiger partial charge in [0, 0.05) is 0 Å². The van der Waals surface area contributed by atoms with Crippen LogP contribution in [0.4, 0.5) is 0 Å². The van der Waals surface area contributed by atoms with E-state index in [2.05, 4.69) is 20.1 Å². The van der Waals surface area contributed by atoms with Gasteiger partial charge in [-0.2, -0.15) is 24.6 Å². The minimum atomic E-state index is 0. The van der Waals surface area contributed by atoms with Crippen LogP contribution >= 0.6 is 0 Å². The summed E-state index contributed by atoms with van der Waals surface area (Å²) in [6, 6.07) is 9.87. The maximum absolute atomic E-state index is 4.25. The zero-order valence-electron chi connectivity index (χ0n) is 6.46.